The average Bonchev–Trinajstić information content (AvgIpc) is 2.92. The molecule has 0 aromatic heterocycles. The standard InChI is InChI=1S/C15H28/c1-6-11(13-10-15(13,4)5)7-8-12-9-14(12,2)3/h11-13H,6-10H2,1-5H3. The van der Waals surface area contributed by atoms with Gasteiger partial charge in [0, 0.05) is 0 Å². The van der Waals surface area contributed by atoms with E-state index in [1.807, 2.05) is 0 Å². The van der Waals surface area contributed by atoms with E-state index in [1.165, 1.54) is 32.1 Å². The van der Waals surface area contributed by atoms with Gasteiger partial charge >= 0.3 is 0 Å². The van der Waals surface area contributed by atoms with Gasteiger partial charge in [0.05, 0.1) is 0 Å². The van der Waals surface area contributed by atoms with Crippen LogP contribution in [0.5, 0.6) is 0 Å². The first-order chi connectivity index (χ1) is 6.87. The minimum absolute atomic E-state index is 0.680. The molecule has 88 valence electrons. The summed E-state index contributed by atoms with van der Waals surface area (Å²) in [5, 5.41) is 0. The van der Waals surface area contributed by atoms with Gasteiger partial charge in [0.25, 0.3) is 0 Å². The van der Waals surface area contributed by atoms with Crippen molar-refractivity contribution in [3.8, 4) is 0 Å². The molecule has 3 unspecified atom stereocenters. The summed E-state index contributed by atoms with van der Waals surface area (Å²) in [7, 11) is 0. The van der Waals surface area contributed by atoms with Gasteiger partial charge < -0.3 is 0 Å². The molecular formula is C15H28. The Kier molecular flexibility index (Phi) is 2.68. The summed E-state index contributed by atoms with van der Waals surface area (Å²) >= 11 is 0. The molecule has 15 heavy (non-hydrogen) atoms. The Morgan fingerprint density at radius 2 is 1.60 bits per heavy atom. The molecule has 0 nitrogen and oxygen atoms in total. The molecule has 0 aromatic rings. The maximum Gasteiger partial charge on any atom is -0.0320 e. The van der Waals surface area contributed by atoms with Gasteiger partial charge in [-0.1, -0.05) is 41.0 Å². The molecule has 2 rings (SSSR count). The van der Waals surface area contributed by atoms with E-state index in [9.17, 15) is 0 Å². The minimum Gasteiger partial charge on any atom is -0.0651 e. The van der Waals surface area contributed by atoms with E-state index >= 15 is 0 Å². The van der Waals surface area contributed by atoms with E-state index in [-0.39, 0.29) is 0 Å². The second-order valence-electron chi connectivity index (χ2n) is 7.43. The SMILES string of the molecule is CCC(CCC1CC1(C)C)C1CC1(C)C. The lowest BCUT2D eigenvalue weighted by molar-refractivity contribution is 0.336. The molecule has 0 aliphatic heterocycles. The summed E-state index contributed by atoms with van der Waals surface area (Å²) in [6.07, 6.45) is 7.37. The van der Waals surface area contributed by atoms with Gasteiger partial charge in [0.2, 0.25) is 0 Å². The Bertz CT molecular complexity index is 236. The molecule has 2 saturated carbocycles. The number of hydrogen-bond acceptors (Lipinski definition) is 0. The third-order valence-corrected chi connectivity index (χ3v) is 5.29. The molecule has 0 heterocycles. The summed E-state index contributed by atoms with van der Waals surface area (Å²) in [5.74, 6) is 3.12. The zero-order chi connectivity index (χ0) is 11.3. The maximum atomic E-state index is 2.45. The molecule has 3 atom stereocenters. The van der Waals surface area contributed by atoms with Crippen molar-refractivity contribution in [3.05, 3.63) is 0 Å². The maximum absolute atomic E-state index is 2.45. The van der Waals surface area contributed by atoms with Gasteiger partial charge in [0.1, 0.15) is 0 Å². The van der Waals surface area contributed by atoms with Crippen molar-refractivity contribution in [2.45, 2.75) is 66.7 Å². The van der Waals surface area contributed by atoms with Gasteiger partial charge in [-0.2, -0.15) is 0 Å². The molecular weight excluding hydrogens is 180 g/mol. The van der Waals surface area contributed by atoms with E-state index in [1.54, 1.807) is 0 Å². The van der Waals surface area contributed by atoms with Crippen LogP contribution in [0.4, 0.5) is 0 Å². The molecule has 2 fully saturated rings. The first-order valence-corrected chi connectivity index (χ1v) is 6.87. The molecule has 0 spiro atoms. The van der Waals surface area contributed by atoms with Crippen molar-refractivity contribution >= 4 is 0 Å². The van der Waals surface area contributed by atoms with Gasteiger partial charge in [-0.3, -0.25) is 0 Å². The van der Waals surface area contributed by atoms with Crippen LogP contribution in [0.1, 0.15) is 66.7 Å². The predicted octanol–water partition coefficient (Wildman–Crippen LogP) is 4.89. The van der Waals surface area contributed by atoms with Gasteiger partial charge in [-0.05, 0) is 54.3 Å². The second-order valence-corrected chi connectivity index (χ2v) is 7.43. The topological polar surface area (TPSA) is 0 Å². The van der Waals surface area contributed by atoms with Crippen molar-refractivity contribution in [2.24, 2.45) is 28.6 Å². The van der Waals surface area contributed by atoms with E-state index in [0.717, 1.165) is 17.8 Å². The molecule has 0 heteroatoms. The molecule has 0 bridgehead atoms. The smallest absolute Gasteiger partial charge is 0.0320 e. The molecule has 2 aliphatic rings. The zero-order valence-electron chi connectivity index (χ0n) is 11.3. The minimum atomic E-state index is 0.680. The lowest BCUT2D eigenvalue weighted by atomic mass is 9.89. The molecule has 2 aliphatic carbocycles. The van der Waals surface area contributed by atoms with E-state index < -0.39 is 0 Å². The van der Waals surface area contributed by atoms with Gasteiger partial charge in [-0.15, -0.1) is 0 Å². The second kappa shape index (κ2) is 3.50. The zero-order valence-corrected chi connectivity index (χ0v) is 11.3. The molecule has 0 aromatic carbocycles. The van der Waals surface area contributed by atoms with Crippen LogP contribution >= 0.6 is 0 Å². The normalized spacial score (nSPS) is 37.4. The van der Waals surface area contributed by atoms with Crippen LogP contribution in [-0.4, -0.2) is 0 Å². The molecule has 0 radical (unpaired) electrons. The lowest BCUT2D eigenvalue weighted by Gasteiger charge is -2.17. The highest BCUT2D eigenvalue weighted by atomic mass is 14.6. The summed E-state index contributed by atoms with van der Waals surface area (Å²) in [6, 6.07) is 0. The Morgan fingerprint density at radius 3 is 1.93 bits per heavy atom. The van der Waals surface area contributed by atoms with Gasteiger partial charge in [0.15, 0.2) is 0 Å². The molecule has 0 N–H and O–H groups in total. The van der Waals surface area contributed by atoms with Gasteiger partial charge in [-0.25, -0.2) is 0 Å². The Labute approximate surface area is 95.8 Å². The number of hydrogen-bond donors (Lipinski definition) is 0. The van der Waals surface area contributed by atoms with Crippen molar-refractivity contribution < 1.29 is 0 Å². The van der Waals surface area contributed by atoms with Crippen LogP contribution in [0.15, 0.2) is 0 Å². The van der Waals surface area contributed by atoms with Crippen LogP contribution in [0, 0.1) is 28.6 Å². The predicted molar refractivity (Wildman–Crippen MR) is 66.8 cm³/mol. The summed E-state index contributed by atoms with van der Waals surface area (Å²) in [5.41, 5.74) is 1.37. The summed E-state index contributed by atoms with van der Waals surface area (Å²) < 4.78 is 0. The van der Waals surface area contributed by atoms with Crippen LogP contribution < -0.4 is 0 Å². The third-order valence-electron chi connectivity index (χ3n) is 5.29. The molecule has 0 amide bonds. The van der Waals surface area contributed by atoms with Crippen molar-refractivity contribution in [3.63, 3.8) is 0 Å². The molecule has 0 saturated heterocycles. The first kappa shape index (κ1) is 11.5. The summed E-state index contributed by atoms with van der Waals surface area (Å²) in [6.45, 7) is 12.1. The highest BCUT2D eigenvalue weighted by molar-refractivity contribution is 5.00. The third kappa shape index (κ3) is 2.40. The lowest BCUT2D eigenvalue weighted by Crippen LogP contribution is -2.07. The summed E-state index contributed by atoms with van der Waals surface area (Å²) in [4.78, 5) is 0. The Balaban J connectivity index is 1.74. The van der Waals surface area contributed by atoms with Crippen molar-refractivity contribution in [2.75, 3.05) is 0 Å². The van der Waals surface area contributed by atoms with E-state index in [4.69, 9.17) is 0 Å². The quantitative estimate of drug-likeness (QED) is 0.604. The highest BCUT2D eigenvalue weighted by Crippen LogP contribution is 2.59. The van der Waals surface area contributed by atoms with E-state index in [2.05, 4.69) is 34.6 Å². The fourth-order valence-electron chi connectivity index (χ4n) is 3.49. The van der Waals surface area contributed by atoms with Crippen LogP contribution in [0.25, 0.3) is 0 Å². The van der Waals surface area contributed by atoms with Crippen molar-refractivity contribution in [1.82, 2.24) is 0 Å². The first-order valence-electron chi connectivity index (χ1n) is 6.87. The van der Waals surface area contributed by atoms with Crippen LogP contribution in [0.2, 0.25) is 0 Å². The van der Waals surface area contributed by atoms with Crippen molar-refractivity contribution in [1.29, 1.82) is 0 Å². The highest BCUT2D eigenvalue weighted by Gasteiger charge is 2.50. The Hall–Kier alpha value is 0. The number of rotatable bonds is 5. The fraction of sp³-hybridized carbons (Fsp3) is 1.00. The average molecular weight is 208 g/mol. The van der Waals surface area contributed by atoms with Crippen LogP contribution in [-0.2, 0) is 0 Å². The largest absolute Gasteiger partial charge is 0.0651 e. The monoisotopic (exact) mass is 208 g/mol. The van der Waals surface area contributed by atoms with E-state index in [0.29, 0.717) is 10.8 Å². The Morgan fingerprint density at radius 1 is 1.07 bits per heavy atom. The van der Waals surface area contributed by atoms with Crippen LogP contribution in [0.3, 0.4) is 0 Å². The fourth-order valence-corrected chi connectivity index (χ4v) is 3.49.